The van der Waals surface area contributed by atoms with E-state index in [9.17, 15) is 8.78 Å². The highest BCUT2D eigenvalue weighted by Gasteiger charge is 2.10. The summed E-state index contributed by atoms with van der Waals surface area (Å²) in [6.45, 7) is 1.74. The van der Waals surface area contributed by atoms with E-state index in [0.29, 0.717) is 5.56 Å². The second kappa shape index (κ2) is 3.84. The van der Waals surface area contributed by atoms with E-state index >= 15 is 0 Å². The van der Waals surface area contributed by atoms with Crippen molar-refractivity contribution in [2.75, 3.05) is 5.73 Å². The molecule has 16 heavy (non-hydrogen) atoms. The van der Waals surface area contributed by atoms with Gasteiger partial charge in [-0.1, -0.05) is 0 Å². The van der Waals surface area contributed by atoms with Crippen LogP contribution in [-0.2, 0) is 0 Å². The minimum atomic E-state index is -0.579. The van der Waals surface area contributed by atoms with Gasteiger partial charge in [0, 0.05) is 11.8 Å². The summed E-state index contributed by atoms with van der Waals surface area (Å²) in [6.07, 6.45) is 1.47. The van der Waals surface area contributed by atoms with Crippen molar-refractivity contribution in [1.29, 1.82) is 0 Å². The van der Waals surface area contributed by atoms with Crippen LogP contribution in [0, 0.1) is 18.6 Å². The van der Waals surface area contributed by atoms with E-state index in [2.05, 4.69) is 9.97 Å². The van der Waals surface area contributed by atoms with Crippen LogP contribution in [0.2, 0.25) is 0 Å². The van der Waals surface area contributed by atoms with E-state index < -0.39 is 11.6 Å². The molecule has 0 fully saturated rings. The molecule has 0 spiro atoms. The number of anilines is 1. The van der Waals surface area contributed by atoms with E-state index in [0.717, 1.165) is 18.2 Å². The van der Waals surface area contributed by atoms with Crippen LogP contribution < -0.4 is 5.73 Å². The minimum Gasteiger partial charge on any atom is -0.383 e. The fraction of sp³-hybridized carbons (Fsp3) is 0.0909. The SMILES string of the molecule is Cc1cnc(-c2cc(F)ccc2F)nc1N. The Labute approximate surface area is 91.0 Å². The van der Waals surface area contributed by atoms with Gasteiger partial charge in [0.2, 0.25) is 0 Å². The third kappa shape index (κ3) is 1.84. The number of hydrogen-bond donors (Lipinski definition) is 1. The summed E-state index contributed by atoms with van der Waals surface area (Å²) in [5.74, 6) is -0.780. The predicted octanol–water partition coefficient (Wildman–Crippen LogP) is 2.31. The largest absolute Gasteiger partial charge is 0.383 e. The highest BCUT2D eigenvalue weighted by atomic mass is 19.1. The van der Waals surface area contributed by atoms with Gasteiger partial charge in [0.25, 0.3) is 0 Å². The Morgan fingerprint density at radius 3 is 2.69 bits per heavy atom. The Bertz CT molecular complexity index is 541. The first-order chi connectivity index (χ1) is 7.58. The molecule has 1 aromatic carbocycles. The van der Waals surface area contributed by atoms with Gasteiger partial charge in [-0.3, -0.25) is 0 Å². The zero-order chi connectivity index (χ0) is 11.7. The van der Waals surface area contributed by atoms with Crippen molar-refractivity contribution in [2.24, 2.45) is 0 Å². The Morgan fingerprint density at radius 1 is 1.25 bits per heavy atom. The molecule has 0 aliphatic rings. The summed E-state index contributed by atoms with van der Waals surface area (Å²) < 4.78 is 26.4. The molecular weight excluding hydrogens is 212 g/mol. The quantitative estimate of drug-likeness (QED) is 0.803. The van der Waals surface area contributed by atoms with Gasteiger partial charge in [-0.15, -0.1) is 0 Å². The molecule has 1 heterocycles. The molecule has 2 aromatic rings. The number of hydrogen-bond acceptors (Lipinski definition) is 3. The van der Waals surface area contributed by atoms with Crippen molar-refractivity contribution in [2.45, 2.75) is 6.92 Å². The van der Waals surface area contributed by atoms with Gasteiger partial charge in [0.1, 0.15) is 17.5 Å². The predicted molar refractivity (Wildman–Crippen MR) is 56.5 cm³/mol. The second-order valence-corrected chi connectivity index (χ2v) is 3.39. The highest BCUT2D eigenvalue weighted by molar-refractivity contribution is 5.58. The number of aromatic nitrogens is 2. The first-order valence-electron chi connectivity index (χ1n) is 4.62. The van der Waals surface area contributed by atoms with E-state index in [4.69, 9.17) is 5.73 Å². The van der Waals surface area contributed by atoms with Crippen LogP contribution in [0.4, 0.5) is 14.6 Å². The molecule has 2 rings (SSSR count). The maximum Gasteiger partial charge on any atom is 0.164 e. The van der Waals surface area contributed by atoms with E-state index in [1.807, 2.05) is 0 Å². The number of nitrogens with two attached hydrogens (primary N) is 1. The third-order valence-electron chi connectivity index (χ3n) is 2.18. The molecule has 0 radical (unpaired) electrons. The van der Waals surface area contributed by atoms with Gasteiger partial charge in [-0.25, -0.2) is 18.7 Å². The summed E-state index contributed by atoms with van der Waals surface area (Å²) in [7, 11) is 0. The van der Waals surface area contributed by atoms with Gasteiger partial charge in [-0.2, -0.15) is 0 Å². The normalized spacial score (nSPS) is 10.4. The van der Waals surface area contributed by atoms with Crippen LogP contribution in [0.25, 0.3) is 11.4 Å². The number of halogens is 2. The Balaban J connectivity index is 2.58. The topological polar surface area (TPSA) is 51.8 Å². The van der Waals surface area contributed by atoms with Crippen molar-refractivity contribution in [3.05, 3.63) is 41.6 Å². The molecule has 0 saturated carbocycles. The van der Waals surface area contributed by atoms with Gasteiger partial charge < -0.3 is 5.73 Å². The molecule has 1 aromatic heterocycles. The molecule has 0 saturated heterocycles. The summed E-state index contributed by atoms with van der Waals surface area (Å²) in [4.78, 5) is 7.82. The zero-order valence-electron chi connectivity index (χ0n) is 8.54. The van der Waals surface area contributed by atoms with Crippen LogP contribution in [-0.4, -0.2) is 9.97 Å². The van der Waals surface area contributed by atoms with E-state index in [-0.39, 0.29) is 17.2 Å². The van der Waals surface area contributed by atoms with Crippen LogP contribution in [0.3, 0.4) is 0 Å². The van der Waals surface area contributed by atoms with Gasteiger partial charge in [-0.05, 0) is 25.1 Å². The lowest BCUT2D eigenvalue weighted by atomic mass is 10.2. The Morgan fingerprint density at radius 2 is 2.00 bits per heavy atom. The lowest BCUT2D eigenvalue weighted by molar-refractivity contribution is 0.602. The Kier molecular flexibility index (Phi) is 2.52. The molecule has 2 N–H and O–H groups in total. The lowest BCUT2D eigenvalue weighted by Crippen LogP contribution is -1.99. The van der Waals surface area contributed by atoms with Gasteiger partial charge in [0.15, 0.2) is 5.82 Å². The summed E-state index contributed by atoms with van der Waals surface area (Å²) in [6, 6.07) is 3.11. The minimum absolute atomic E-state index is 0.00620. The fourth-order valence-electron chi connectivity index (χ4n) is 1.25. The fourth-order valence-corrected chi connectivity index (χ4v) is 1.25. The molecule has 5 heteroatoms. The second-order valence-electron chi connectivity index (χ2n) is 3.39. The van der Waals surface area contributed by atoms with E-state index in [1.54, 1.807) is 6.92 Å². The molecule has 0 aliphatic heterocycles. The molecule has 0 aliphatic carbocycles. The maximum atomic E-state index is 13.4. The monoisotopic (exact) mass is 221 g/mol. The molecule has 0 atom stereocenters. The Hall–Kier alpha value is -2.04. The highest BCUT2D eigenvalue weighted by Crippen LogP contribution is 2.21. The first kappa shape index (κ1) is 10.5. The van der Waals surface area contributed by atoms with Gasteiger partial charge >= 0.3 is 0 Å². The summed E-state index contributed by atoms with van der Waals surface area (Å²) in [5.41, 5.74) is 6.28. The van der Waals surface area contributed by atoms with E-state index in [1.165, 1.54) is 6.20 Å². The summed E-state index contributed by atoms with van der Waals surface area (Å²) in [5, 5.41) is 0. The van der Waals surface area contributed by atoms with Crippen LogP contribution in [0.1, 0.15) is 5.56 Å². The number of aryl methyl sites for hydroxylation is 1. The number of benzene rings is 1. The smallest absolute Gasteiger partial charge is 0.164 e. The van der Waals surface area contributed by atoms with Crippen LogP contribution >= 0.6 is 0 Å². The summed E-state index contributed by atoms with van der Waals surface area (Å²) >= 11 is 0. The third-order valence-corrected chi connectivity index (χ3v) is 2.18. The van der Waals surface area contributed by atoms with Crippen LogP contribution in [0.5, 0.6) is 0 Å². The van der Waals surface area contributed by atoms with Crippen molar-refractivity contribution >= 4 is 5.82 Å². The maximum absolute atomic E-state index is 13.4. The lowest BCUT2D eigenvalue weighted by Gasteiger charge is -2.04. The number of nitrogen functional groups attached to an aromatic ring is 1. The van der Waals surface area contributed by atoms with Crippen LogP contribution in [0.15, 0.2) is 24.4 Å². The zero-order valence-corrected chi connectivity index (χ0v) is 8.54. The van der Waals surface area contributed by atoms with Crippen molar-refractivity contribution in [1.82, 2.24) is 9.97 Å². The standard InChI is InChI=1S/C11H9F2N3/c1-6-5-15-11(16-10(6)14)8-4-7(12)2-3-9(8)13/h2-5H,1H3,(H2,14,15,16). The molecule has 0 bridgehead atoms. The molecule has 0 unspecified atom stereocenters. The number of rotatable bonds is 1. The molecule has 82 valence electrons. The first-order valence-corrected chi connectivity index (χ1v) is 4.62. The average Bonchev–Trinajstić information content (AvgIpc) is 2.26. The molecular formula is C11H9F2N3. The molecule has 0 amide bonds. The average molecular weight is 221 g/mol. The van der Waals surface area contributed by atoms with Crippen molar-refractivity contribution < 1.29 is 8.78 Å². The molecule has 3 nitrogen and oxygen atoms in total. The van der Waals surface area contributed by atoms with Crippen molar-refractivity contribution in [3.8, 4) is 11.4 Å². The van der Waals surface area contributed by atoms with Gasteiger partial charge in [0.05, 0.1) is 5.56 Å². The van der Waals surface area contributed by atoms with Crippen molar-refractivity contribution in [3.63, 3.8) is 0 Å². The number of nitrogens with zero attached hydrogens (tertiary/aromatic N) is 2.